The number of fused-ring (bicyclic) bond motifs is 3. The highest BCUT2D eigenvalue weighted by Gasteiger charge is 2.34. The topological polar surface area (TPSA) is 37.3 Å². The van der Waals surface area contributed by atoms with Gasteiger partial charge in [-0.1, -0.05) is 6.07 Å². The quantitative estimate of drug-likeness (QED) is 0.673. The number of hydrogen-bond acceptors (Lipinski definition) is 2. The molecule has 1 aliphatic rings. The molecular formula is C14H7F3O2. The van der Waals surface area contributed by atoms with Crippen LogP contribution in [0.2, 0.25) is 0 Å². The highest BCUT2D eigenvalue weighted by molar-refractivity contribution is 6.21. The predicted molar refractivity (Wildman–Crippen MR) is 62.0 cm³/mol. The van der Waals surface area contributed by atoms with Crippen molar-refractivity contribution in [2.75, 3.05) is 0 Å². The Balaban J connectivity index is 2.22. The lowest BCUT2D eigenvalue weighted by Crippen LogP contribution is -2.06. The first-order valence-corrected chi connectivity index (χ1v) is 5.47. The number of benzene rings is 2. The normalized spacial score (nSPS) is 13.3. The van der Waals surface area contributed by atoms with Gasteiger partial charge in [-0.2, -0.15) is 13.2 Å². The molecule has 0 radical (unpaired) electrons. The van der Waals surface area contributed by atoms with Gasteiger partial charge in [0.25, 0.3) is 0 Å². The molecular weight excluding hydrogens is 257 g/mol. The third-order valence-electron chi connectivity index (χ3n) is 3.13. The maximum atomic E-state index is 12.6. The standard InChI is InChI=1S/C14H7F3O2/c15-14(16,17)7-1-3-9-10-4-2-8(18)6-12(10)13(19)11(9)5-7/h1-6,18H. The summed E-state index contributed by atoms with van der Waals surface area (Å²) in [5, 5.41) is 9.34. The largest absolute Gasteiger partial charge is 0.508 e. The second kappa shape index (κ2) is 3.60. The van der Waals surface area contributed by atoms with Gasteiger partial charge in [0.2, 0.25) is 0 Å². The van der Waals surface area contributed by atoms with E-state index in [1.54, 1.807) is 0 Å². The maximum Gasteiger partial charge on any atom is 0.416 e. The second-order valence-corrected chi connectivity index (χ2v) is 4.32. The van der Waals surface area contributed by atoms with E-state index in [9.17, 15) is 23.1 Å². The Morgan fingerprint density at radius 1 is 0.842 bits per heavy atom. The highest BCUT2D eigenvalue weighted by Crippen LogP contribution is 2.40. The van der Waals surface area contributed by atoms with Crippen molar-refractivity contribution in [2.24, 2.45) is 0 Å². The van der Waals surface area contributed by atoms with E-state index in [-0.39, 0.29) is 16.9 Å². The molecule has 0 amide bonds. The Morgan fingerprint density at radius 2 is 1.42 bits per heavy atom. The molecule has 0 saturated carbocycles. The number of rotatable bonds is 0. The van der Waals surface area contributed by atoms with E-state index in [0.29, 0.717) is 11.1 Å². The number of phenolic OH excluding ortho intramolecular Hbond substituents is 1. The van der Waals surface area contributed by atoms with E-state index in [1.807, 2.05) is 0 Å². The van der Waals surface area contributed by atoms with Gasteiger partial charge in [0.1, 0.15) is 5.75 Å². The number of carbonyl (C=O) groups is 1. The average Bonchev–Trinajstić information content (AvgIpc) is 2.62. The van der Waals surface area contributed by atoms with Gasteiger partial charge < -0.3 is 5.11 Å². The van der Waals surface area contributed by atoms with Crippen molar-refractivity contribution < 1.29 is 23.1 Å². The van der Waals surface area contributed by atoms with Gasteiger partial charge in [0, 0.05) is 11.1 Å². The fourth-order valence-corrected chi connectivity index (χ4v) is 2.24. The van der Waals surface area contributed by atoms with Gasteiger partial charge in [-0.3, -0.25) is 4.79 Å². The van der Waals surface area contributed by atoms with Crippen molar-refractivity contribution in [3.05, 3.63) is 53.1 Å². The number of carbonyl (C=O) groups excluding carboxylic acids is 1. The van der Waals surface area contributed by atoms with E-state index in [2.05, 4.69) is 0 Å². The molecule has 0 heterocycles. The molecule has 0 bridgehead atoms. The number of aromatic hydroxyl groups is 1. The van der Waals surface area contributed by atoms with Gasteiger partial charge in [0.05, 0.1) is 5.56 Å². The Morgan fingerprint density at radius 3 is 2.05 bits per heavy atom. The van der Waals surface area contributed by atoms with E-state index in [4.69, 9.17) is 0 Å². The Bertz CT molecular complexity index is 702. The molecule has 2 nitrogen and oxygen atoms in total. The number of halogens is 3. The van der Waals surface area contributed by atoms with Crippen LogP contribution in [0.15, 0.2) is 36.4 Å². The van der Waals surface area contributed by atoms with Crippen molar-refractivity contribution >= 4 is 5.78 Å². The van der Waals surface area contributed by atoms with Gasteiger partial charge in [-0.25, -0.2) is 0 Å². The van der Waals surface area contributed by atoms with E-state index in [1.165, 1.54) is 24.3 Å². The first-order valence-electron chi connectivity index (χ1n) is 5.47. The summed E-state index contributed by atoms with van der Waals surface area (Å²) in [6.45, 7) is 0. The van der Waals surface area contributed by atoms with Crippen LogP contribution in [-0.4, -0.2) is 10.9 Å². The Hall–Kier alpha value is -2.30. The van der Waals surface area contributed by atoms with Crippen molar-refractivity contribution in [3.63, 3.8) is 0 Å². The molecule has 0 aromatic heterocycles. The molecule has 3 rings (SSSR count). The van der Waals surface area contributed by atoms with Crippen LogP contribution in [0.4, 0.5) is 13.2 Å². The summed E-state index contributed by atoms with van der Waals surface area (Å²) in [6, 6.07) is 7.30. The predicted octanol–water partition coefficient (Wildman–Crippen LogP) is 3.62. The number of phenols is 1. The zero-order valence-corrected chi connectivity index (χ0v) is 9.45. The van der Waals surface area contributed by atoms with Crippen LogP contribution < -0.4 is 0 Å². The number of alkyl halides is 3. The maximum absolute atomic E-state index is 12.6. The molecule has 0 fully saturated rings. The van der Waals surface area contributed by atoms with Crippen LogP contribution in [0.3, 0.4) is 0 Å². The average molecular weight is 264 g/mol. The first-order chi connectivity index (χ1) is 8.88. The first kappa shape index (κ1) is 11.8. The summed E-state index contributed by atoms with van der Waals surface area (Å²) < 4.78 is 37.9. The van der Waals surface area contributed by atoms with Crippen molar-refractivity contribution in [1.29, 1.82) is 0 Å². The molecule has 0 saturated heterocycles. The molecule has 0 aliphatic heterocycles. The van der Waals surface area contributed by atoms with Gasteiger partial charge >= 0.3 is 6.18 Å². The minimum atomic E-state index is -4.48. The summed E-state index contributed by atoms with van der Waals surface area (Å²) in [6.07, 6.45) is -4.48. The summed E-state index contributed by atoms with van der Waals surface area (Å²) in [7, 11) is 0. The summed E-state index contributed by atoms with van der Waals surface area (Å²) in [5.74, 6) is -0.581. The summed E-state index contributed by atoms with van der Waals surface area (Å²) in [5.41, 5.74) is 0.418. The third-order valence-corrected chi connectivity index (χ3v) is 3.13. The van der Waals surface area contributed by atoms with Gasteiger partial charge in [0.15, 0.2) is 5.78 Å². The third kappa shape index (κ3) is 1.69. The molecule has 1 aliphatic carbocycles. The summed E-state index contributed by atoms with van der Waals surface area (Å²) >= 11 is 0. The number of hydrogen-bond donors (Lipinski definition) is 1. The van der Waals surface area contributed by atoms with Crippen LogP contribution in [0, 0.1) is 0 Å². The Labute approximate surface area is 106 Å². The lowest BCUT2D eigenvalue weighted by atomic mass is 10.0. The van der Waals surface area contributed by atoms with Crippen LogP contribution >= 0.6 is 0 Å². The molecule has 0 atom stereocenters. The van der Waals surface area contributed by atoms with E-state index in [0.717, 1.165) is 12.1 Å². The highest BCUT2D eigenvalue weighted by atomic mass is 19.4. The van der Waals surface area contributed by atoms with Crippen molar-refractivity contribution in [1.82, 2.24) is 0 Å². The fraction of sp³-hybridized carbons (Fsp3) is 0.0714. The summed E-state index contributed by atoms with van der Waals surface area (Å²) in [4.78, 5) is 12.0. The molecule has 5 heteroatoms. The van der Waals surface area contributed by atoms with E-state index < -0.39 is 17.5 Å². The van der Waals surface area contributed by atoms with Crippen LogP contribution in [-0.2, 0) is 6.18 Å². The SMILES string of the molecule is O=C1c2cc(O)ccc2-c2ccc(C(F)(F)F)cc21. The monoisotopic (exact) mass is 264 g/mol. The van der Waals surface area contributed by atoms with Crippen LogP contribution in [0.5, 0.6) is 5.75 Å². The second-order valence-electron chi connectivity index (χ2n) is 4.32. The van der Waals surface area contributed by atoms with Gasteiger partial charge in [-0.05, 0) is 41.5 Å². The smallest absolute Gasteiger partial charge is 0.416 e. The van der Waals surface area contributed by atoms with E-state index >= 15 is 0 Å². The molecule has 1 N–H and O–H groups in total. The fourth-order valence-electron chi connectivity index (χ4n) is 2.24. The van der Waals surface area contributed by atoms with Crippen LogP contribution in [0.1, 0.15) is 21.5 Å². The van der Waals surface area contributed by atoms with Crippen molar-refractivity contribution in [3.8, 4) is 16.9 Å². The molecule has 2 aromatic rings. The zero-order chi connectivity index (χ0) is 13.8. The number of ketones is 1. The minimum absolute atomic E-state index is 0.0235. The molecule has 19 heavy (non-hydrogen) atoms. The molecule has 0 unspecified atom stereocenters. The zero-order valence-electron chi connectivity index (χ0n) is 9.45. The van der Waals surface area contributed by atoms with Crippen molar-refractivity contribution in [2.45, 2.75) is 6.18 Å². The lowest BCUT2D eigenvalue weighted by molar-refractivity contribution is -0.137. The minimum Gasteiger partial charge on any atom is -0.508 e. The van der Waals surface area contributed by atoms with Gasteiger partial charge in [-0.15, -0.1) is 0 Å². The molecule has 96 valence electrons. The Kier molecular flexibility index (Phi) is 2.23. The molecule has 0 spiro atoms. The van der Waals surface area contributed by atoms with Crippen LogP contribution in [0.25, 0.3) is 11.1 Å². The molecule has 2 aromatic carbocycles. The lowest BCUT2D eigenvalue weighted by Gasteiger charge is -2.08.